The third-order valence-corrected chi connectivity index (χ3v) is 4.33. The maximum Gasteiger partial charge on any atom is 0.266 e. The Morgan fingerprint density at radius 1 is 1.10 bits per heavy atom. The van der Waals surface area contributed by atoms with Crippen LogP contribution in [0.25, 0.3) is 6.08 Å². The van der Waals surface area contributed by atoms with Crippen molar-refractivity contribution in [1.29, 1.82) is 5.26 Å². The molecule has 0 aliphatic heterocycles. The van der Waals surface area contributed by atoms with Gasteiger partial charge < -0.3 is 10.1 Å². The topological polar surface area (TPSA) is 62.1 Å². The summed E-state index contributed by atoms with van der Waals surface area (Å²) >= 11 is 0. The number of ether oxygens (including phenoxy) is 1. The van der Waals surface area contributed by atoms with Gasteiger partial charge in [-0.05, 0) is 65.6 Å². The molecular weight excluding hydrogens is 367 g/mol. The number of hydrogen-bond acceptors (Lipinski definition) is 3. The largest absolute Gasteiger partial charge is 0.497 e. The molecule has 0 spiro atoms. The van der Waals surface area contributed by atoms with Crippen LogP contribution in [0.5, 0.6) is 5.75 Å². The molecule has 5 heteroatoms. The Kier molecular flexibility index (Phi) is 6.39. The van der Waals surface area contributed by atoms with Crippen molar-refractivity contribution < 1.29 is 13.9 Å². The highest BCUT2D eigenvalue weighted by atomic mass is 19.1. The number of carbonyl (C=O) groups excluding carboxylic acids is 1. The maximum atomic E-state index is 13.6. The molecule has 0 aliphatic carbocycles. The smallest absolute Gasteiger partial charge is 0.266 e. The van der Waals surface area contributed by atoms with Gasteiger partial charge in [0, 0.05) is 5.69 Å². The van der Waals surface area contributed by atoms with Gasteiger partial charge in [0.1, 0.15) is 23.2 Å². The number of nitrogens with one attached hydrogen (secondary N) is 1. The molecule has 0 fully saturated rings. The van der Waals surface area contributed by atoms with Crippen molar-refractivity contribution in [2.24, 2.45) is 0 Å². The van der Waals surface area contributed by atoms with Crippen LogP contribution in [-0.2, 0) is 11.2 Å². The molecule has 3 aromatic carbocycles. The molecule has 0 unspecified atom stereocenters. The van der Waals surface area contributed by atoms with Crippen molar-refractivity contribution >= 4 is 17.7 Å². The maximum absolute atomic E-state index is 13.6. The standard InChI is InChI=1S/C24H19FN2O2/c1-29-23-11-10-18(19(15-23)12-17-6-5-7-21(25)13-17)14-20(16-26)24(28)27-22-8-3-2-4-9-22/h2-11,13-15H,12H2,1H3,(H,27,28)/b20-14+. The lowest BCUT2D eigenvalue weighted by Crippen LogP contribution is -2.13. The normalized spacial score (nSPS) is 10.9. The van der Waals surface area contributed by atoms with Crippen LogP contribution in [0.2, 0.25) is 0 Å². The van der Waals surface area contributed by atoms with Crippen LogP contribution in [0.1, 0.15) is 16.7 Å². The summed E-state index contributed by atoms with van der Waals surface area (Å²) in [6, 6.07) is 22.6. The molecular formula is C24H19FN2O2. The van der Waals surface area contributed by atoms with E-state index in [0.29, 0.717) is 23.4 Å². The van der Waals surface area contributed by atoms with Crippen LogP contribution in [-0.4, -0.2) is 13.0 Å². The van der Waals surface area contributed by atoms with Crippen LogP contribution in [0, 0.1) is 17.1 Å². The molecule has 29 heavy (non-hydrogen) atoms. The number of para-hydroxylation sites is 1. The summed E-state index contributed by atoms with van der Waals surface area (Å²) in [6.07, 6.45) is 1.96. The SMILES string of the molecule is COc1ccc(/C=C(\C#N)C(=O)Nc2ccccc2)c(Cc2cccc(F)c2)c1. The van der Waals surface area contributed by atoms with Crippen LogP contribution in [0.15, 0.2) is 78.4 Å². The molecule has 3 aromatic rings. The molecule has 1 amide bonds. The Bertz CT molecular complexity index is 1090. The zero-order valence-corrected chi connectivity index (χ0v) is 15.9. The molecule has 0 aromatic heterocycles. The highest BCUT2D eigenvalue weighted by Gasteiger charge is 2.12. The monoisotopic (exact) mass is 386 g/mol. The number of methoxy groups -OCH3 is 1. The van der Waals surface area contributed by atoms with Gasteiger partial charge in [-0.15, -0.1) is 0 Å². The third-order valence-electron chi connectivity index (χ3n) is 4.33. The number of benzene rings is 3. The average molecular weight is 386 g/mol. The van der Waals surface area contributed by atoms with Gasteiger partial charge in [-0.2, -0.15) is 5.26 Å². The van der Waals surface area contributed by atoms with Gasteiger partial charge in [-0.1, -0.05) is 36.4 Å². The number of rotatable bonds is 6. The zero-order valence-electron chi connectivity index (χ0n) is 15.9. The average Bonchev–Trinajstić information content (AvgIpc) is 2.73. The number of halogens is 1. The van der Waals surface area contributed by atoms with Gasteiger partial charge in [0.2, 0.25) is 0 Å². The summed E-state index contributed by atoms with van der Waals surface area (Å²) in [4.78, 5) is 12.5. The number of carbonyl (C=O) groups is 1. The summed E-state index contributed by atoms with van der Waals surface area (Å²) in [5.74, 6) is -0.172. The van der Waals surface area contributed by atoms with E-state index < -0.39 is 5.91 Å². The molecule has 1 N–H and O–H groups in total. The molecule has 0 radical (unpaired) electrons. The van der Waals surface area contributed by atoms with Crippen LogP contribution < -0.4 is 10.1 Å². The first kappa shape index (κ1) is 19.8. The molecule has 4 nitrogen and oxygen atoms in total. The Morgan fingerprint density at radius 3 is 2.59 bits per heavy atom. The minimum atomic E-state index is -0.494. The van der Waals surface area contributed by atoms with E-state index in [1.807, 2.05) is 24.3 Å². The van der Waals surface area contributed by atoms with Gasteiger partial charge >= 0.3 is 0 Å². The van der Waals surface area contributed by atoms with Crippen molar-refractivity contribution in [3.05, 3.63) is 101 Å². The molecule has 144 valence electrons. The number of hydrogen-bond donors (Lipinski definition) is 1. The van der Waals surface area contributed by atoms with Gasteiger partial charge in [-0.3, -0.25) is 4.79 Å². The van der Waals surface area contributed by atoms with E-state index in [4.69, 9.17) is 4.74 Å². The summed E-state index contributed by atoms with van der Waals surface area (Å²) in [5, 5.41) is 12.2. The first-order valence-electron chi connectivity index (χ1n) is 8.98. The molecule has 0 saturated heterocycles. The van der Waals surface area contributed by atoms with Crippen molar-refractivity contribution in [3.8, 4) is 11.8 Å². The van der Waals surface area contributed by atoms with Gasteiger partial charge in [0.15, 0.2) is 0 Å². The summed E-state index contributed by atoms with van der Waals surface area (Å²) in [5.41, 5.74) is 2.86. The lowest BCUT2D eigenvalue weighted by molar-refractivity contribution is -0.112. The molecule has 0 saturated carbocycles. The van der Waals surface area contributed by atoms with E-state index >= 15 is 0 Å². The van der Waals surface area contributed by atoms with E-state index in [9.17, 15) is 14.4 Å². The second-order valence-electron chi connectivity index (χ2n) is 6.36. The van der Waals surface area contributed by atoms with E-state index in [1.54, 1.807) is 49.6 Å². The molecule has 0 aliphatic rings. The van der Waals surface area contributed by atoms with Crippen molar-refractivity contribution in [2.75, 3.05) is 12.4 Å². The van der Waals surface area contributed by atoms with Crippen molar-refractivity contribution in [1.82, 2.24) is 0 Å². The summed E-state index contributed by atoms with van der Waals surface area (Å²) < 4.78 is 18.9. The highest BCUT2D eigenvalue weighted by Crippen LogP contribution is 2.23. The first-order chi connectivity index (χ1) is 14.1. The van der Waals surface area contributed by atoms with E-state index in [0.717, 1.165) is 11.1 Å². The predicted octanol–water partition coefficient (Wildman–Crippen LogP) is 4.97. The van der Waals surface area contributed by atoms with Crippen molar-refractivity contribution in [2.45, 2.75) is 6.42 Å². The van der Waals surface area contributed by atoms with E-state index in [2.05, 4.69) is 5.32 Å². The summed E-state index contributed by atoms with van der Waals surface area (Å²) in [7, 11) is 1.56. The number of amides is 1. The highest BCUT2D eigenvalue weighted by molar-refractivity contribution is 6.09. The minimum Gasteiger partial charge on any atom is -0.497 e. The zero-order chi connectivity index (χ0) is 20.6. The van der Waals surface area contributed by atoms with Gasteiger partial charge in [0.05, 0.1) is 7.11 Å². The number of nitriles is 1. The Morgan fingerprint density at radius 2 is 1.90 bits per heavy atom. The lowest BCUT2D eigenvalue weighted by Gasteiger charge is -2.10. The molecule has 0 atom stereocenters. The van der Waals surface area contributed by atoms with Crippen molar-refractivity contribution in [3.63, 3.8) is 0 Å². The molecule has 0 heterocycles. The molecule has 3 rings (SSSR count). The van der Waals surface area contributed by atoms with Crippen LogP contribution in [0.4, 0.5) is 10.1 Å². The second kappa shape index (κ2) is 9.34. The van der Waals surface area contributed by atoms with Gasteiger partial charge in [-0.25, -0.2) is 4.39 Å². The molecule has 0 bridgehead atoms. The number of nitrogens with zero attached hydrogens (tertiary/aromatic N) is 1. The van der Waals surface area contributed by atoms with Crippen LogP contribution in [0.3, 0.4) is 0 Å². The quantitative estimate of drug-likeness (QED) is 0.481. The van der Waals surface area contributed by atoms with Crippen LogP contribution >= 0.6 is 0 Å². The minimum absolute atomic E-state index is 0.0282. The first-order valence-corrected chi connectivity index (χ1v) is 8.98. The Hall–Kier alpha value is -3.91. The lowest BCUT2D eigenvalue weighted by atomic mass is 9.97. The Labute approximate surface area is 168 Å². The fourth-order valence-electron chi connectivity index (χ4n) is 2.89. The van der Waals surface area contributed by atoms with E-state index in [1.165, 1.54) is 18.2 Å². The fourth-order valence-corrected chi connectivity index (χ4v) is 2.89. The van der Waals surface area contributed by atoms with Gasteiger partial charge in [0.25, 0.3) is 5.91 Å². The second-order valence-corrected chi connectivity index (χ2v) is 6.36. The third kappa shape index (κ3) is 5.30. The summed E-state index contributed by atoms with van der Waals surface area (Å²) in [6.45, 7) is 0. The number of anilines is 1. The predicted molar refractivity (Wildman–Crippen MR) is 111 cm³/mol. The van der Waals surface area contributed by atoms with E-state index in [-0.39, 0.29) is 11.4 Å². The fraction of sp³-hybridized carbons (Fsp3) is 0.0833. The Balaban J connectivity index is 1.93.